The van der Waals surface area contributed by atoms with E-state index < -0.39 is 12.8 Å². The number of amides is 1. The number of hydrogen-bond acceptors (Lipinski definition) is 4. The van der Waals surface area contributed by atoms with Gasteiger partial charge in [-0.2, -0.15) is 13.2 Å². The molecule has 1 aliphatic heterocycles. The fourth-order valence-corrected chi connectivity index (χ4v) is 1.50. The smallest absolute Gasteiger partial charge is 0.378 e. The standard InChI is InChI=1S/C10H17F3N2O3.ClH/c11-10(12,13)7-18-4-2-15-9(16)5-8-6-17-3-1-14-8;/h8,14H,1-7H2,(H,15,16);1H. The lowest BCUT2D eigenvalue weighted by Gasteiger charge is -2.23. The van der Waals surface area contributed by atoms with Gasteiger partial charge in [0.1, 0.15) is 6.61 Å². The number of ether oxygens (including phenoxy) is 2. The lowest BCUT2D eigenvalue weighted by atomic mass is 10.2. The van der Waals surface area contributed by atoms with Gasteiger partial charge in [-0.1, -0.05) is 0 Å². The van der Waals surface area contributed by atoms with E-state index in [1.165, 1.54) is 0 Å². The third kappa shape index (κ3) is 9.94. The number of carbonyl (C=O) groups is 1. The van der Waals surface area contributed by atoms with Crippen molar-refractivity contribution < 1.29 is 27.4 Å². The first-order valence-electron chi connectivity index (χ1n) is 5.70. The van der Waals surface area contributed by atoms with Crippen molar-refractivity contribution in [3.05, 3.63) is 0 Å². The maximum absolute atomic E-state index is 11.7. The highest BCUT2D eigenvalue weighted by molar-refractivity contribution is 5.85. The SMILES string of the molecule is Cl.O=C(CC1COCCN1)NCCOCC(F)(F)F. The Balaban J connectivity index is 0.00000324. The molecule has 1 aliphatic rings. The van der Waals surface area contributed by atoms with Gasteiger partial charge in [0, 0.05) is 25.6 Å². The molecule has 1 atom stereocenters. The molecule has 9 heteroatoms. The Hall–Kier alpha value is -0.570. The van der Waals surface area contributed by atoms with Gasteiger partial charge in [0.25, 0.3) is 0 Å². The zero-order valence-corrected chi connectivity index (χ0v) is 11.1. The van der Waals surface area contributed by atoms with Crippen LogP contribution in [0.4, 0.5) is 13.2 Å². The van der Waals surface area contributed by atoms with E-state index in [1.807, 2.05) is 0 Å². The van der Waals surface area contributed by atoms with Crippen molar-refractivity contribution in [1.29, 1.82) is 0 Å². The Morgan fingerprint density at radius 2 is 2.21 bits per heavy atom. The molecular formula is C10H18ClF3N2O3. The van der Waals surface area contributed by atoms with Crippen molar-refractivity contribution >= 4 is 18.3 Å². The molecule has 0 radical (unpaired) electrons. The molecule has 0 aliphatic carbocycles. The minimum atomic E-state index is -4.33. The molecule has 0 spiro atoms. The maximum Gasteiger partial charge on any atom is 0.411 e. The number of carbonyl (C=O) groups excluding carboxylic acids is 1. The summed E-state index contributed by atoms with van der Waals surface area (Å²) in [5.74, 6) is -0.228. The predicted molar refractivity (Wildman–Crippen MR) is 64.4 cm³/mol. The van der Waals surface area contributed by atoms with Crippen molar-refractivity contribution in [2.45, 2.75) is 18.6 Å². The summed E-state index contributed by atoms with van der Waals surface area (Å²) in [6.07, 6.45) is -4.08. The average Bonchev–Trinajstić information content (AvgIpc) is 2.28. The van der Waals surface area contributed by atoms with Gasteiger partial charge in [-0.15, -0.1) is 12.4 Å². The fourth-order valence-electron chi connectivity index (χ4n) is 1.50. The Kier molecular flexibility index (Phi) is 9.07. The summed E-state index contributed by atoms with van der Waals surface area (Å²) in [6.45, 7) is 0.428. The molecule has 1 saturated heterocycles. The Labute approximate surface area is 115 Å². The summed E-state index contributed by atoms with van der Waals surface area (Å²) in [5, 5.41) is 5.59. The van der Waals surface area contributed by atoms with E-state index in [-0.39, 0.29) is 43.9 Å². The van der Waals surface area contributed by atoms with Gasteiger partial charge in [-0.3, -0.25) is 4.79 Å². The molecule has 5 nitrogen and oxygen atoms in total. The van der Waals surface area contributed by atoms with E-state index in [2.05, 4.69) is 15.4 Å². The number of morpholine rings is 1. The van der Waals surface area contributed by atoms with Crippen LogP contribution in [-0.2, 0) is 14.3 Å². The summed E-state index contributed by atoms with van der Waals surface area (Å²) in [7, 11) is 0. The normalized spacial score (nSPS) is 19.6. The van der Waals surface area contributed by atoms with Gasteiger partial charge in [-0.25, -0.2) is 0 Å². The van der Waals surface area contributed by atoms with Gasteiger partial charge >= 0.3 is 6.18 Å². The largest absolute Gasteiger partial charge is 0.411 e. The number of rotatable bonds is 6. The molecule has 0 aromatic rings. The molecule has 0 aromatic carbocycles. The molecular weight excluding hydrogens is 289 g/mol. The topological polar surface area (TPSA) is 59.6 Å². The summed E-state index contributed by atoms with van der Waals surface area (Å²) in [6, 6.07) is -0.0326. The summed E-state index contributed by atoms with van der Waals surface area (Å²) >= 11 is 0. The van der Waals surface area contributed by atoms with Crippen molar-refractivity contribution in [1.82, 2.24) is 10.6 Å². The van der Waals surface area contributed by atoms with Crippen LogP contribution in [-0.4, -0.2) is 57.6 Å². The summed E-state index contributed by atoms with van der Waals surface area (Å²) in [4.78, 5) is 11.4. The molecule has 1 fully saturated rings. The van der Waals surface area contributed by atoms with E-state index in [9.17, 15) is 18.0 Å². The van der Waals surface area contributed by atoms with Crippen LogP contribution in [0.1, 0.15) is 6.42 Å². The van der Waals surface area contributed by atoms with Crippen molar-refractivity contribution in [2.75, 3.05) is 39.5 Å². The molecule has 0 aromatic heterocycles. The van der Waals surface area contributed by atoms with Crippen LogP contribution in [0.15, 0.2) is 0 Å². The molecule has 1 rings (SSSR count). The van der Waals surface area contributed by atoms with Gasteiger partial charge in [0.05, 0.1) is 19.8 Å². The number of halogens is 4. The molecule has 0 saturated carbocycles. The first kappa shape index (κ1) is 18.4. The molecule has 2 N–H and O–H groups in total. The van der Waals surface area contributed by atoms with Gasteiger partial charge in [0.2, 0.25) is 5.91 Å². The summed E-state index contributed by atoms with van der Waals surface area (Å²) in [5.41, 5.74) is 0. The lowest BCUT2D eigenvalue weighted by molar-refractivity contribution is -0.173. The second-order valence-corrected chi connectivity index (χ2v) is 3.95. The number of hydrogen-bond donors (Lipinski definition) is 2. The van der Waals surface area contributed by atoms with Gasteiger partial charge < -0.3 is 20.1 Å². The zero-order valence-electron chi connectivity index (χ0n) is 10.3. The first-order valence-corrected chi connectivity index (χ1v) is 5.70. The van der Waals surface area contributed by atoms with Crippen LogP contribution < -0.4 is 10.6 Å². The van der Waals surface area contributed by atoms with Crippen LogP contribution >= 0.6 is 12.4 Å². The highest BCUT2D eigenvalue weighted by Crippen LogP contribution is 2.13. The van der Waals surface area contributed by atoms with E-state index in [4.69, 9.17) is 4.74 Å². The quantitative estimate of drug-likeness (QED) is 0.701. The highest BCUT2D eigenvalue weighted by Gasteiger charge is 2.27. The van der Waals surface area contributed by atoms with Crippen molar-refractivity contribution in [3.8, 4) is 0 Å². The maximum atomic E-state index is 11.7. The van der Waals surface area contributed by atoms with Crippen LogP contribution in [0.25, 0.3) is 0 Å². The molecule has 1 amide bonds. The molecule has 1 heterocycles. The van der Waals surface area contributed by atoms with Crippen LogP contribution in [0.5, 0.6) is 0 Å². The third-order valence-corrected chi connectivity index (χ3v) is 2.26. The van der Waals surface area contributed by atoms with Crippen LogP contribution in [0.2, 0.25) is 0 Å². The molecule has 0 bridgehead atoms. The Morgan fingerprint density at radius 1 is 1.47 bits per heavy atom. The van der Waals surface area contributed by atoms with E-state index >= 15 is 0 Å². The first-order chi connectivity index (χ1) is 8.47. The monoisotopic (exact) mass is 306 g/mol. The van der Waals surface area contributed by atoms with Crippen molar-refractivity contribution in [3.63, 3.8) is 0 Å². The van der Waals surface area contributed by atoms with Crippen LogP contribution in [0.3, 0.4) is 0 Å². The van der Waals surface area contributed by atoms with Gasteiger partial charge in [0.15, 0.2) is 0 Å². The van der Waals surface area contributed by atoms with Crippen LogP contribution in [0, 0.1) is 0 Å². The molecule has 1 unspecified atom stereocenters. The minimum Gasteiger partial charge on any atom is -0.378 e. The second-order valence-electron chi connectivity index (χ2n) is 3.95. The van der Waals surface area contributed by atoms with E-state index in [1.54, 1.807) is 0 Å². The van der Waals surface area contributed by atoms with E-state index in [0.29, 0.717) is 19.8 Å². The Bertz CT molecular complexity index is 261. The lowest BCUT2D eigenvalue weighted by Crippen LogP contribution is -2.44. The number of nitrogens with one attached hydrogen (secondary N) is 2. The minimum absolute atomic E-state index is 0. The summed E-state index contributed by atoms with van der Waals surface area (Å²) < 4.78 is 44.7. The average molecular weight is 307 g/mol. The number of alkyl halides is 3. The van der Waals surface area contributed by atoms with Crippen molar-refractivity contribution in [2.24, 2.45) is 0 Å². The Morgan fingerprint density at radius 3 is 2.79 bits per heavy atom. The second kappa shape index (κ2) is 9.35. The predicted octanol–water partition coefficient (Wildman–Crippen LogP) is 0.482. The van der Waals surface area contributed by atoms with Gasteiger partial charge in [-0.05, 0) is 0 Å². The third-order valence-electron chi connectivity index (χ3n) is 2.26. The van der Waals surface area contributed by atoms with E-state index in [0.717, 1.165) is 0 Å². The molecule has 19 heavy (non-hydrogen) atoms. The zero-order chi connectivity index (χ0) is 13.4. The highest BCUT2D eigenvalue weighted by atomic mass is 35.5. The fraction of sp³-hybridized carbons (Fsp3) is 0.900. The molecule has 114 valence electrons.